The van der Waals surface area contributed by atoms with Crippen molar-refractivity contribution in [2.24, 2.45) is 0 Å². The molecule has 0 aliphatic carbocycles. The number of hydrogen-bond acceptors (Lipinski definition) is 5. The number of ether oxygens (including phenoxy) is 1. The van der Waals surface area contributed by atoms with Crippen molar-refractivity contribution in [3.05, 3.63) is 71.3 Å². The first-order valence-electron chi connectivity index (χ1n) is 8.84. The summed E-state index contributed by atoms with van der Waals surface area (Å²) < 4.78 is 20.3. The van der Waals surface area contributed by atoms with Gasteiger partial charge in [0, 0.05) is 20.0 Å². The second-order valence-corrected chi connectivity index (χ2v) is 6.57. The average Bonchev–Trinajstić information content (AvgIpc) is 3.11. The van der Waals surface area contributed by atoms with Gasteiger partial charge in [-0.25, -0.2) is 9.07 Å². The van der Waals surface area contributed by atoms with Crippen molar-refractivity contribution in [2.45, 2.75) is 25.9 Å². The van der Waals surface area contributed by atoms with Crippen LogP contribution in [0.25, 0.3) is 0 Å². The molecule has 0 aliphatic heterocycles. The molecule has 2 aromatic carbocycles. The van der Waals surface area contributed by atoms with Gasteiger partial charge < -0.3 is 9.64 Å². The van der Waals surface area contributed by atoms with Gasteiger partial charge in [-0.2, -0.15) is 0 Å². The molecule has 0 aliphatic rings. The molecule has 1 atom stereocenters. The third kappa shape index (κ3) is 4.51. The standard InChI is InChI=1S/C20H22FN5O2/c1-14-22-23-24-26(14)19(12-15-6-4-8-17(21)10-15)20(27)25(2)13-16-7-5-9-18(11-16)28-3/h4-11,19H,12-13H2,1-3H3/t19-/m0/s1. The second kappa shape index (κ2) is 8.60. The van der Waals surface area contributed by atoms with E-state index in [1.807, 2.05) is 24.3 Å². The van der Waals surface area contributed by atoms with Crippen molar-refractivity contribution >= 4 is 5.91 Å². The van der Waals surface area contributed by atoms with Crippen molar-refractivity contribution in [3.8, 4) is 5.75 Å². The van der Waals surface area contributed by atoms with E-state index in [1.165, 1.54) is 16.8 Å². The Kier molecular flexibility index (Phi) is 5.98. The van der Waals surface area contributed by atoms with Crippen LogP contribution in [0.2, 0.25) is 0 Å². The maximum Gasteiger partial charge on any atom is 0.247 e. The molecule has 146 valence electrons. The number of amides is 1. The van der Waals surface area contributed by atoms with Crippen molar-refractivity contribution < 1.29 is 13.9 Å². The molecule has 0 saturated carbocycles. The minimum absolute atomic E-state index is 0.164. The zero-order chi connectivity index (χ0) is 20.1. The molecule has 0 radical (unpaired) electrons. The van der Waals surface area contributed by atoms with Gasteiger partial charge in [0.15, 0.2) is 0 Å². The number of halogens is 1. The molecule has 0 fully saturated rings. The van der Waals surface area contributed by atoms with Gasteiger partial charge in [0.2, 0.25) is 5.91 Å². The largest absolute Gasteiger partial charge is 0.497 e. The monoisotopic (exact) mass is 383 g/mol. The number of carbonyl (C=O) groups excluding carboxylic acids is 1. The number of aryl methyl sites for hydroxylation is 1. The van der Waals surface area contributed by atoms with E-state index in [0.717, 1.165) is 11.3 Å². The summed E-state index contributed by atoms with van der Waals surface area (Å²) in [5.41, 5.74) is 1.64. The number of methoxy groups -OCH3 is 1. The van der Waals surface area contributed by atoms with Gasteiger partial charge in [0.05, 0.1) is 7.11 Å². The number of benzene rings is 2. The van der Waals surface area contributed by atoms with Gasteiger partial charge >= 0.3 is 0 Å². The van der Waals surface area contributed by atoms with Crippen molar-refractivity contribution in [3.63, 3.8) is 0 Å². The quantitative estimate of drug-likeness (QED) is 0.627. The Balaban J connectivity index is 1.84. The summed E-state index contributed by atoms with van der Waals surface area (Å²) in [6.45, 7) is 2.13. The molecule has 7 nitrogen and oxygen atoms in total. The summed E-state index contributed by atoms with van der Waals surface area (Å²) in [6.07, 6.45) is 0.283. The summed E-state index contributed by atoms with van der Waals surface area (Å²) in [7, 11) is 3.32. The predicted molar refractivity (Wildman–Crippen MR) is 101 cm³/mol. The molecule has 1 heterocycles. The molecule has 0 N–H and O–H groups in total. The number of hydrogen-bond donors (Lipinski definition) is 0. The second-order valence-electron chi connectivity index (χ2n) is 6.57. The van der Waals surface area contributed by atoms with E-state index in [2.05, 4.69) is 15.5 Å². The molecule has 1 amide bonds. The van der Waals surface area contributed by atoms with Crippen LogP contribution in [0.3, 0.4) is 0 Å². The highest BCUT2D eigenvalue weighted by molar-refractivity contribution is 5.80. The summed E-state index contributed by atoms with van der Waals surface area (Å²) in [5, 5.41) is 11.5. The molecule has 3 aromatic rings. The Labute approximate surface area is 162 Å². The minimum atomic E-state index is -0.674. The number of carbonyl (C=O) groups is 1. The fraction of sp³-hybridized carbons (Fsp3) is 0.300. The van der Waals surface area contributed by atoms with Gasteiger partial charge in [-0.05, 0) is 52.7 Å². The Morgan fingerprint density at radius 1 is 1.21 bits per heavy atom. The molecule has 3 rings (SSSR count). The topological polar surface area (TPSA) is 73.1 Å². The zero-order valence-corrected chi connectivity index (χ0v) is 16.0. The molecule has 8 heteroatoms. The van der Waals surface area contributed by atoms with Crippen LogP contribution in [-0.4, -0.2) is 45.2 Å². The Hall–Kier alpha value is -3.29. The predicted octanol–water partition coefficient (Wildman–Crippen LogP) is 2.57. The highest BCUT2D eigenvalue weighted by Gasteiger charge is 2.27. The number of rotatable bonds is 7. The summed E-state index contributed by atoms with van der Waals surface area (Å²) in [6, 6.07) is 13.1. The van der Waals surface area contributed by atoms with E-state index >= 15 is 0 Å². The zero-order valence-electron chi connectivity index (χ0n) is 16.0. The van der Waals surface area contributed by atoms with E-state index < -0.39 is 6.04 Å². The highest BCUT2D eigenvalue weighted by Crippen LogP contribution is 2.20. The van der Waals surface area contributed by atoms with Crippen molar-refractivity contribution in [1.82, 2.24) is 25.1 Å². The van der Waals surface area contributed by atoms with Gasteiger partial charge in [0.1, 0.15) is 23.4 Å². The molecule has 0 saturated heterocycles. The highest BCUT2D eigenvalue weighted by atomic mass is 19.1. The van der Waals surface area contributed by atoms with Gasteiger partial charge in [-0.15, -0.1) is 5.10 Å². The molecular weight excluding hydrogens is 361 g/mol. The van der Waals surface area contributed by atoms with Gasteiger partial charge in [-0.3, -0.25) is 4.79 Å². The third-order valence-corrected chi connectivity index (χ3v) is 4.49. The van der Waals surface area contributed by atoms with Crippen LogP contribution in [-0.2, 0) is 17.8 Å². The lowest BCUT2D eigenvalue weighted by molar-refractivity contribution is -0.134. The van der Waals surface area contributed by atoms with Crippen molar-refractivity contribution in [2.75, 3.05) is 14.2 Å². The minimum Gasteiger partial charge on any atom is -0.497 e. The van der Waals surface area contributed by atoms with Crippen LogP contribution in [0.4, 0.5) is 4.39 Å². The van der Waals surface area contributed by atoms with Crippen LogP contribution in [0.1, 0.15) is 23.0 Å². The normalized spacial score (nSPS) is 11.9. The Bertz CT molecular complexity index is 959. The SMILES string of the molecule is COc1cccc(CN(C)C(=O)[C@H](Cc2cccc(F)c2)n2nnnc2C)c1. The lowest BCUT2D eigenvalue weighted by Crippen LogP contribution is -2.36. The first kappa shape index (κ1) is 19.5. The molecular formula is C20H22FN5O2. The smallest absolute Gasteiger partial charge is 0.247 e. The fourth-order valence-electron chi connectivity index (χ4n) is 3.07. The molecule has 0 bridgehead atoms. The Morgan fingerprint density at radius 3 is 2.64 bits per heavy atom. The maximum absolute atomic E-state index is 13.6. The van der Waals surface area contributed by atoms with Crippen LogP contribution in [0.5, 0.6) is 5.75 Å². The number of likely N-dealkylation sites (N-methyl/N-ethyl adjacent to an activating group) is 1. The first-order chi connectivity index (χ1) is 13.5. The van der Waals surface area contributed by atoms with E-state index in [0.29, 0.717) is 17.9 Å². The van der Waals surface area contributed by atoms with E-state index in [1.54, 1.807) is 38.1 Å². The maximum atomic E-state index is 13.6. The summed E-state index contributed by atoms with van der Waals surface area (Å²) in [4.78, 5) is 14.8. The number of tetrazole rings is 1. The Morgan fingerprint density at radius 2 is 1.96 bits per heavy atom. The molecule has 1 aromatic heterocycles. The number of aromatic nitrogens is 4. The molecule has 0 unspecified atom stereocenters. The summed E-state index contributed by atoms with van der Waals surface area (Å²) >= 11 is 0. The third-order valence-electron chi connectivity index (χ3n) is 4.49. The summed E-state index contributed by atoms with van der Waals surface area (Å²) in [5.74, 6) is 0.736. The van der Waals surface area contributed by atoms with Gasteiger partial charge in [-0.1, -0.05) is 24.3 Å². The van der Waals surface area contributed by atoms with Crippen LogP contribution < -0.4 is 4.74 Å². The van der Waals surface area contributed by atoms with Crippen molar-refractivity contribution in [1.29, 1.82) is 0 Å². The number of nitrogens with zero attached hydrogens (tertiary/aromatic N) is 5. The fourth-order valence-corrected chi connectivity index (χ4v) is 3.07. The van der Waals surface area contributed by atoms with Gasteiger partial charge in [0.25, 0.3) is 0 Å². The van der Waals surface area contributed by atoms with E-state index in [4.69, 9.17) is 4.74 Å². The lowest BCUT2D eigenvalue weighted by Gasteiger charge is -2.24. The molecule has 0 spiro atoms. The first-order valence-corrected chi connectivity index (χ1v) is 8.84. The van der Waals surface area contributed by atoms with Crippen LogP contribution >= 0.6 is 0 Å². The average molecular weight is 383 g/mol. The van der Waals surface area contributed by atoms with E-state index in [-0.39, 0.29) is 18.1 Å². The van der Waals surface area contributed by atoms with Crippen LogP contribution in [0.15, 0.2) is 48.5 Å². The van der Waals surface area contributed by atoms with Crippen LogP contribution in [0, 0.1) is 12.7 Å². The lowest BCUT2D eigenvalue weighted by atomic mass is 10.0. The van der Waals surface area contributed by atoms with E-state index in [9.17, 15) is 9.18 Å². The molecule has 28 heavy (non-hydrogen) atoms.